The number of carbonyl (C=O) groups excluding carboxylic acids is 3. The topological polar surface area (TPSA) is 116 Å². The molecule has 0 bridgehead atoms. The molecule has 0 aliphatic heterocycles. The Balaban J connectivity index is 1.81. The summed E-state index contributed by atoms with van der Waals surface area (Å²) in [5.74, 6) is -2.58. The lowest BCUT2D eigenvalue weighted by Crippen LogP contribution is -2.43. The summed E-state index contributed by atoms with van der Waals surface area (Å²) in [4.78, 5) is 49.8. The molecule has 0 saturated carbocycles. The van der Waals surface area contributed by atoms with Crippen molar-refractivity contribution in [3.63, 3.8) is 0 Å². The van der Waals surface area contributed by atoms with E-state index < -0.39 is 23.0 Å². The summed E-state index contributed by atoms with van der Waals surface area (Å²) in [6.07, 6.45) is 3.76. The van der Waals surface area contributed by atoms with Gasteiger partial charge in [-0.05, 0) is 57.6 Å². The number of aliphatic carboxylic acids is 1. The Bertz CT molecular complexity index is 1020. The van der Waals surface area contributed by atoms with Crippen LogP contribution in [0.5, 0.6) is 0 Å². The van der Waals surface area contributed by atoms with Gasteiger partial charge < -0.3 is 19.3 Å². The smallest absolute Gasteiger partial charge is 0.323 e. The van der Waals surface area contributed by atoms with Crippen molar-refractivity contribution >= 4 is 23.9 Å². The van der Waals surface area contributed by atoms with Gasteiger partial charge in [0.2, 0.25) is 0 Å². The highest BCUT2D eigenvalue weighted by Crippen LogP contribution is 2.35. The Morgan fingerprint density at radius 3 is 1.41 bits per heavy atom. The lowest BCUT2D eigenvalue weighted by Gasteiger charge is -2.31. The maximum absolute atomic E-state index is 13.2. The molecule has 8 nitrogen and oxygen atoms in total. The maximum atomic E-state index is 13.2. The minimum Gasteiger partial charge on any atom is -0.480 e. The molecule has 2 rings (SSSR count). The van der Waals surface area contributed by atoms with Crippen LogP contribution in [0.3, 0.4) is 0 Å². The third kappa shape index (κ3) is 13.0. The third-order valence-electron chi connectivity index (χ3n) is 6.65. The number of hydrogen-bond donors (Lipinski definition) is 1. The van der Waals surface area contributed by atoms with E-state index in [2.05, 4.69) is 0 Å². The first-order chi connectivity index (χ1) is 19.5. The van der Waals surface area contributed by atoms with Gasteiger partial charge in [-0.25, -0.2) is 0 Å². The summed E-state index contributed by atoms with van der Waals surface area (Å²) in [5.41, 5.74) is -0.695. The van der Waals surface area contributed by atoms with Gasteiger partial charge in [0.15, 0.2) is 5.41 Å². The molecule has 8 heteroatoms. The van der Waals surface area contributed by atoms with Crippen LogP contribution in [0.2, 0.25) is 0 Å². The molecule has 0 saturated heterocycles. The molecule has 0 fully saturated rings. The summed E-state index contributed by atoms with van der Waals surface area (Å²) >= 11 is 0. The number of benzene rings is 2. The number of carboxylic acids is 1. The highest BCUT2D eigenvalue weighted by atomic mass is 16.6. The Hall–Kier alpha value is -3.68. The van der Waals surface area contributed by atoms with E-state index in [0.29, 0.717) is 38.5 Å². The molecule has 0 aromatic heterocycles. The number of esters is 3. The first kappa shape index (κ1) is 33.5. The van der Waals surface area contributed by atoms with Crippen molar-refractivity contribution in [1.29, 1.82) is 0 Å². The molecule has 0 radical (unpaired) electrons. The molecular formula is C33H44O8. The van der Waals surface area contributed by atoms with Crippen LogP contribution in [0.1, 0.15) is 96.1 Å². The van der Waals surface area contributed by atoms with Crippen molar-refractivity contribution < 1.29 is 38.5 Å². The minimum atomic E-state index is -1.69. The fourth-order valence-electron chi connectivity index (χ4n) is 4.37. The molecule has 0 spiro atoms. The van der Waals surface area contributed by atoms with E-state index in [1.807, 2.05) is 60.7 Å². The van der Waals surface area contributed by atoms with E-state index in [0.717, 1.165) is 11.1 Å². The van der Waals surface area contributed by atoms with Crippen LogP contribution in [0.4, 0.5) is 0 Å². The van der Waals surface area contributed by atoms with Gasteiger partial charge >= 0.3 is 23.9 Å². The monoisotopic (exact) mass is 568 g/mol. The first-order valence-electron chi connectivity index (χ1n) is 14.4. The van der Waals surface area contributed by atoms with Crippen LogP contribution >= 0.6 is 0 Å². The van der Waals surface area contributed by atoms with Crippen molar-refractivity contribution in [2.45, 2.75) is 104 Å². The number of ether oxygens (including phenoxy) is 3. The second kappa shape index (κ2) is 17.2. The third-order valence-corrected chi connectivity index (χ3v) is 6.65. The van der Waals surface area contributed by atoms with Crippen molar-refractivity contribution in [1.82, 2.24) is 0 Å². The summed E-state index contributed by atoms with van der Waals surface area (Å²) in [6.45, 7) is 5.55. The molecule has 0 unspecified atom stereocenters. The predicted octanol–water partition coefficient (Wildman–Crippen LogP) is 6.79. The van der Waals surface area contributed by atoms with Gasteiger partial charge in [-0.15, -0.1) is 0 Å². The standard InChI is InChI=1S/C33H44O8/c1-32(2,3)41-31(38)33(30(36)37,22-14-6-12-20-28(34)39-24-26-16-8-4-9-17-26)23-15-7-13-21-29(35)40-25-27-18-10-5-11-19-27/h4-5,8-11,16-19H,6-7,12-15,20-25H2,1-3H3,(H,36,37). The van der Waals surface area contributed by atoms with Crippen LogP contribution in [0.25, 0.3) is 0 Å². The molecule has 0 amide bonds. The predicted molar refractivity (Wildman–Crippen MR) is 155 cm³/mol. The Labute approximate surface area is 243 Å². The van der Waals surface area contributed by atoms with Crippen LogP contribution in [-0.4, -0.2) is 34.6 Å². The largest absolute Gasteiger partial charge is 0.480 e. The number of unbranched alkanes of at least 4 members (excludes halogenated alkanes) is 4. The van der Waals surface area contributed by atoms with E-state index in [1.54, 1.807) is 20.8 Å². The van der Waals surface area contributed by atoms with Crippen molar-refractivity contribution in [3.05, 3.63) is 71.8 Å². The van der Waals surface area contributed by atoms with Gasteiger partial charge in [-0.2, -0.15) is 0 Å². The van der Waals surface area contributed by atoms with Crippen LogP contribution < -0.4 is 0 Å². The highest BCUT2D eigenvalue weighted by Gasteiger charge is 2.47. The number of rotatable bonds is 18. The number of carboxylic acid groups (broad SMARTS) is 1. The van der Waals surface area contributed by atoms with Gasteiger partial charge in [0.25, 0.3) is 0 Å². The van der Waals surface area contributed by atoms with E-state index in [-0.39, 0.29) is 50.8 Å². The summed E-state index contributed by atoms with van der Waals surface area (Å²) in [5, 5.41) is 10.2. The van der Waals surface area contributed by atoms with Crippen molar-refractivity contribution in [2.24, 2.45) is 5.41 Å². The van der Waals surface area contributed by atoms with E-state index in [9.17, 15) is 24.3 Å². The fraction of sp³-hybridized carbons (Fsp3) is 0.515. The second-order valence-corrected chi connectivity index (χ2v) is 11.3. The Morgan fingerprint density at radius 1 is 0.634 bits per heavy atom. The number of hydrogen-bond acceptors (Lipinski definition) is 7. The zero-order valence-corrected chi connectivity index (χ0v) is 24.6. The van der Waals surface area contributed by atoms with Crippen LogP contribution in [-0.2, 0) is 46.6 Å². The molecule has 2 aromatic carbocycles. The molecule has 2 aromatic rings. The summed E-state index contributed by atoms with van der Waals surface area (Å²) in [7, 11) is 0. The lowest BCUT2D eigenvalue weighted by atomic mass is 9.77. The number of carbonyl (C=O) groups is 4. The Morgan fingerprint density at radius 2 is 1.05 bits per heavy atom. The Kier molecular flexibility index (Phi) is 14.1. The zero-order chi connectivity index (χ0) is 30.1. The average molecular weight is 569 g/mol. The van der Waals surface area contributed by atoms with Crippen LogP contribution in [0, 0.1) is 5.41 Å². The van der Waals surface area contributed by atoms with Gasteiger partial charge in [0, 0.05) is 12.8 Å². The van der Waals surface area contributed by atoms with E-state index in [1.165, 1.54) is 0 Å². The highest BCUT2D eigenvalue weighted by molar-refractivity contribution is 5.99. The summed E-state index contributed by atoms with van der Waals surface area (Å²) < 4.78 is 16.1. The quantitative estimate of drug-likeness (QED) is 0.0905. The lowest BCUT2D eigenvalue weighted by molar-refractivity contribution is -0.178. The molecule has 0 aliphatic rings. The molecule has 0 heterocycles. The SMILES string of the molecule is CC(C)(C)OC(=O)C(CCCCCC(=O)OCc1ccccc1)(CCCCCC(=O)OCc1ccccc1)C(=O)O. The molecule has 0 atom stereocenters. The van der Waals surface area contributed by atoms with E-state index in [4.69, 9.17) is 14.2 Å². The maximum Gasteiger partial charge on any atom is 0.323 e. The van der Waals surface area contributed by atoms with Crippen molar-refractivity contribution in [3.8, 4) is 0 Å². The molecular weight excluding hydrogens is 524 g/mol. The molecule has 1 N–H and O–H groups in total. The average Bonchev–Trinajstić information content (AvgIpc) is 2.93. The van der Waals surface area contributed by atoms with Gasteiger partial charge in [0.1, 0.15) is 18.8 Å². The minimum absolute atomic E-state index is 0.107. The molecule has 0 aliphatic carbocycles. The zero-order valence-electron chi connectivity index (χ0n) is 24.6. The van der Waals surface area contributed by atoms with Gasteiger partial charge in [0.05, 0.1) is 0 Å². The molecule has 41 heavy (non-hydrogen) atoms. The van der Waals surface area contributed by atoms with Crippen molar-refractivity contribution in [2.75, 3.05) is 0 Å². The fourth-order valence-corrected chi connectivity index (χ4v) is 4.37. The summed E-state index contributed by atoms with van der Waals surface area (Å²) in [6, 6.07) is 18.8. The van der Waals surface area contributed by atoms with Gasteiger partial charge in [-0.3, -0.25) is 19.2 Å². The van der Waals surface area contributed by atoms with Gasteiger partial charge in [-0.1, -0.05) is 86.3 Å². The first-order valence-corrected chi connectivity index (χ1v) is 14.4. The molecule has 224 valence electrons. The second-order valence-electron chi connectivity index (χ2n) is 11.3. The normalized spacial score (nSPS) is 11.5. The van der Waals surface area contributed by atoms with Crippen LogP contribution in [0.15, 0.2) is 60.7 Å². The van der Waals surface area contributed by atoms with E-state index >= 15 is 0 Å².